The number of nitrogens with one attached hydrogen (secondary N) is 1. The van der Waals surface area contributed by atoms with Crippen LogP contribution in [0.4, 0.5) is 4.39 Å². The van der Waals surface area contributed by atoms with Crippen molar-refractivity contribution in [2.45, 2.75) is 13.2 Å². The Morgan fingerprint density at radius 3 is 2.61 bits per heavy atom. The Labute approximate surface area is 166 Å². The van der Waals surface area contributed by atoms with Crippen LogP contribution in [0.2, 0.25) is 0 Å². The van der Waals surface area contributed by atoms with Crippen LogP contribution in [0, 0.1) is 10.7 Å². The van der Waals surface area contributed by atoms with Gasteiger partial charge in [0.15, 0.2) is 6.67 Å². The molecule has 0 aliphatic rings. The zero-order valence-corrected chi connectivity index (χ0v) is 16.1. The molecule has 1 atom stereocenters. The lowest BCUT2D eigenvalue weighted by Gasteiger charge is -2.11. The highest BCUT2D eigenvalue weighted by atomic mass is 32.1. The summed E-state index contributed by atoms with van der Waals surface area (Å²) in [6, 6.07) is 16.0. The zero-order valence-electron chi connectivity index (χ0n) is 15.2. The van der Waals surface area contributed by atoms with Crippen molar-refractivity contribution in [1.29, 1.82) is 0 Å². The predicted molar refractivity (Wildman–Crippen MR) is 105 cm³/mol. The first kappa shape index (κ1) is 18.3. The van der Waals surface area contributed by atoms with E-state index in [0.29, 0.717) is 23.0 Å². The van der Waals surface area contributed by atoms with Gasteiger partial charge in [-0.25, -0.2) is 9.07 Å². The lowest BCUT2D eigenvalue weighted by molar-refractivity contribution is -0.917. The van der Waals surface area contributed by atoms with Crippen molar-refractivity contribution < 1.29 is 13.7 Å². The van der Waals surface area contributed by atoms with Gasteiger partial charge in [-0.3, -0.25) is 0 Å². The maximum absolute atomic E-state index is 13.1. The monoisotopic (exact) mass is 396 g/mol. The third-order valence-corrected chi connectivity index (χ3v) is 4.57. The molecule has 1 unspecified atom stereocenters. The van der Waals surface area contributed by atoms with Gasteiger partial charge in [0.25, 0.3) is 4.84 Å². The van der Waals surface area contributed by atoms with Crippen LogP contribution < -0.4 is 4.90 Å². The molecule has 0 aliphatic carbocycles. The van der Waals surface area contributed by atoms with Crippen LogP contribution in [0.5, 0.6) is 0 Å². The van der Waals surface area contributed by atoms with Crippen LogP contribution in [-0.4, -0.2) is 26.6 Å². The summed E-state index contributed by atoms with van der Waals surface area (Å²) in [4.78, 5) is 1.46. The van der Waals surface area contributed by atoms with Crippen LogP contribution in [0.25, 0.3) is 17.1 Å². The topological polar surface area (TPSA) is 53.2 Å². The Morgan fingerprint density at radius 1 is 1.11 bits per heavy atom. The van der Waals surface area contributed by atoms with Crippen molar-refractivity contribution in [2.75, 3.05) is 7.05 Å². The third kappa shape index (κ3) is 4.08. The summed E-state index contributed by atoms with van der Waals surface area (Å²) in [7, 11) is 2.05. The zero-order chi connectivity index (χ0) is 19.5. The molecule has 1 N–H and O–H groups in total. The van der Waals surface area contributed by atoms with Gasteiger partial charge in [-0.1, -0.05) is 18.2 Å². The lowest BCUT2D eigenvalue weighted by Crippen LogP contribution is -3.06. The Bertz CT molecular complexity index is 1120. The van der Waals surface area contributed by atoms with Crippen LogP contribution in [0.3, 0.4) is 0 Å². The molecule has 4 rings (SSSR count). The van der Waals surface area contributed by atoms with Crippen molar-refractivity contribution in [1.82, 2.24) is 19.6 Å². The van der Waals surface area contributed by atoms with Crippen molar-refractivity contribution in [3.05, 3.63) is 83.2 Å². The van der Waals surface area contributed by atoms with Crippen molar-refractivity contribution >= 4 is 12.2 Å². The predicted octanol–water partition coefficient (Wildman–Crippen LogP) is 2.87. The summed E-state index contributed by atoms with van der Waals surface area (Å²) < 4.78 is 22.2. The van der Waals surface area contributed by atoms with Crippen molar-refractivity contribution in [3.63, 3.8) is 0 Å². The van der Waals surface area contributed by atoms with E-state index in [1.807, 2.05) is 54.5 Å². The highest BCUT2D eigenvalue weighted by Gasteiger charge is 2.13. The van der Waals surface area contributed by atoms with Crippen LogP contribution in [0.15, 0.2) is 71.4 Å². The summed E-state index contributed by atoms with van der Waals surface area (Å²) in [5.74, 6) is 0.0803. The molecule has 8 heteroatoms. The number of nitrogens with zero attached hydrogens (tertiary/aromatic N) is 4. The largest absolute Gasteiger partial charge is 0.409 e. The molecule has 0 radical (unpaired) electrons. The molecular weight excluding hydrogens is 377 g/mol. The molecule has 4 aromatic rings. The van der Waals surface area contributed by atoms with E-state index in [9.17, 15) is 4.39 Å². The smallest absolute Gasteiger partial charge is 0.292 e. The number of hydrogen-bond acceptors (Lipinski definition) is 4. The van der Waals surface area contributed by atoms with Crippen molar-refractivity contribution in [3.8, 4) is 17.1 Å². The van der Waals surface area contributed by atoms with Gasteiger partial charge >= 0.3 is 0 Å². The minimum absolute atomic E-state index is 0.290. The van der Waals surface area contributed by atoms with E-state index in [4.69, 9.17) is 16.6 Å². The Hall–Kier alpha value is -3.10. The lowest BCUT2D eigenvalue weighted by atomic mass is 10.2. The number of halogens is 1. The minimum atomic E-state index is -0.304. The molecule has 0 aliphatic heterocycles. The maximum atomic E-state index is 13.1. The summed E-state index contributed by atoms with van der Waals surface area (Å²) in [6.45, 7) is 1.30. The highest BCUT2D eigenvalue weighted by molar-refractivity contribution is 7.71. The fourth-order valence-corrected chi connectivity index (χ4v) is 3.13. The normalized spacial score (nSPS) is 12.2. The van der Waals surface area contributed by atoms with Gasteiger partial charge in [-0.05, 0) is 48.6 Å². The number of benzene rings is 2. The standard InChI is InChI=1S/C20H18FN5OS/c1-24(12-15-11-22-25(13-15)18-5-3-2-4-6-18)14-26-20(28)27-19(23-26)16-7-9-17(21)10-8-16/h2-11,13H,12,14H2,1H3/p+1. The Balaban J connectivity index is 1.44. The molecule has 2 aromatic heterocycles. The van der Waals surface area contributed by atoms with Gasteiger partial charge in [0.05, 0.1) is 18.9 Å². The quantitative estimate of drug-likeness (QED) is 0.509. The number of hydrogen-bond donors (Lipinski definition) is 1. The average molecular weight is 396 g/mol. The molecule has 2 aromatic carbocycles. The summed E-state index contributed by atoms with van der Waals surface area (Å²) >= 11 is 5.28. The summed E-state index contributed by atoms with van der Waals surface area (Å²) in [5, 5.41) is 8.85. The molecule has 6 nitrogen and oxygen atoms in total. The molecule has 0 fully saturated rings. The van der Waals surface area contributed by atoms with Crippen LogP contribution in [0.1, 0.15) is 5.56 Å². The fraction of sp³-hybridized carbons (Fsp3) is 0.150. The van der Waals surface area contributed by atoms with E-state index in [-0.39, 0.29) is 5.82 Å². The molecule has 28 heavy (non-hydrogen) atoms. The summed E-state index contributed by atoms with van der Waals surface area (Å²) in [5.41, 5.74) is 2.82. The number of rotatable bonds is 6. The molecule has 0 saturated heterocycles. The molecular formula is C20H19FN5OS+. The van der Waals surface area contributed by atoms with Crippen LogP contribution >= 0.6 is 12.2 Å². The maximum Gasteiger partial charge on any atom is 0.292 e. The molecule has 0 bridgehead atoms. The van der Waals surface area contributed by atoms with E-state index in [0.717, 1.165) is 17.8 Å². The van der Waals surface area contributed by atoms with Crippen molar-refractivity contribution in [2.24, 2.45) is 0 Å². The second kappa shape index (κ2) is 7.87. The van der Waals surface area contributed by atoms with Gasteiger partial charge in [0.2, 0.25) is 5.89 Å². The number of quaternary nitrogens is 1. The van der Waals surface area contributed by atoms with Gasteiger partial charge < -0.3 is 9.32 Å². The molecule has 2 heterocycles. The minimum Gasteiger partial charge on any atom is -0.409 e. The van der Waals surface area contributed by atoms with Gasteiger partial charge in [-0.15, -0.1) is 5.10 Å². The highest BCUT2D eigenvalue weighted by Crippen LogP contribution is 2.17. The van der Waals surface area contributed by atoms with Gasteiger partial charge in [0.1, 0.15) is 12.4 Å². The van der Waals surface area contributed by atoms with Gasteiger partial charge in [0, 0.05) is 17.3 Å². The second-order valence-electron chi connectivity index (χ2n) is 6.60. The second-order valence-corrected chi connectivity index (χ2v) is 6.95. The molecule has 142 valence electrons. The van der Waals surface area contributed by atoms with E-state index < -0.39 is 0 Å². The average Bonchev–Trinajstić information content (AvgIpc) is 3.30. The van der Waals surface area contributed by atoms with E-state index in [2.05, 4.69) is 10.2 Å². The SMILES string of the molecule is C[NH+](Cc1cnn(-c2ccccc2)c1)Cn1nc(-c2ccc(F)cc2)oc1=S. The number of para-hydroxylation sites is 1. The fourth-order valence-electron chi connectivity index (χ4n) is 2.95. The van der Waals surface area contributed by atoms with E-state index in [1.54, 1.807) is 16.8 Å². The molecule has 0 saturated carbocycles. The Kier molecular flexibility index (Phi) is 5.14. The first-order valence-corrected chi connectivity index (χ1v) is 9.23. The van der Waals surface area contributed by atoms with E-state index >= 15 is 0 Å². The number of aromatic nitrogens is 4. The summed E-state index contributed by atoms with van der Waals surface area (Å²) in [6.07, 6.45) is 3.88. The molecule has 0 amide bonds. The molecule has 0 spiro atoms. The van der Waals surface area contributed by atoms with Crippen LogP contribution in [-0.2, 0) is 13.2 Å². The van der Waals surface area contributed by atoms with E-state index in [1.165, 1.54) is 17.0 Å². The first-order chi connectivity index (χ1) is 13.6. The third-order valence-electron chi connectivity index (χ3n) is 4.28. The first-order valence-electron chi connectivity index (χ1n) is 8.82. The Morgan fingerprint density at radius 2 is 1.86 bits per heavy atom. The van der Waals surface area contributed by atoms with Gasteiger partial charge in [-0.2, -0.15) is 9.78 Å².